The Balaban J connectivity index is 3.40. The molecule has 0 saturated heterocycles. The van der Waals surface area contributed by atoms with Crippen molar-refractivity contribution in [2.24, 2.45) is 0 Å². The summed E-state index contributed by atoms with van der Waals surface area (Å²) >= 11 is -0.340. The summed E-state index contributed by atoms with van der Waals surface area (Å²) in [7, 11) is 0. The van der Waals surface area contributed by atoms with E-state index in [0.717, 1.165) is 0 Å². The van der Waals surface area contributed by atoms with Gasteiger partial charge in [-0.25, -0.2) is 0 Å². The van der Waals surface area contributed by atoms with Gasteiger partial charge in [-0.1, -0.05) is 0 Å². The molecule has 0 bridgehead atoms. The number of hydrogen-bond acceptors (Lipinski definition) is 0. The molecule has 11 heavy (non-hydrogen) atoms. The van der Waals surface area contributed by atoms with Crippen LogP contribution in [-0.4, -0.2) is 0 Å². The van der Waals surface area contributed by atoms with E-state index in [2.05, 4.69) is 31.9 Å². The summed E-state index contributed by atoms with van der Waals surface area (Å²) in [5, 5.41) is 0. The van der Waals surface area contributed by atoms with Crippen molar-refractivity contribution in [3.05, 3.63) is 44.0 Å². The first kappa shape index (κ1) is 10.8. The summed E-state index contributed by atoms with van der Waals surface area (Å²) in [6.07, 6.45) is 12.5. The van der Waals surface area contributed by atoms with Crippen molar-refractivity contribution in [1.82, 2.24) is 0 Å². The number of allylic oxidation sites excluding steroid dienone is 6. The van der Waals surface area contributed by atoms with Crippen molar-refractivity contribution in [1.29, 1.82) is 0 Å². The van der Waals surface area contributed by atoms with E-state index in [0.29, 0.717) is 0 Å². The second kappa shape index (κ2) is 9.84. The molecule has 0 rings (SSSR count). The van der Waals surface area contributed by atoms with Gasteiger partial charge in [0.05, 0.1) is 0 Å². The molecule has 0 heterocycles. The van der Waals surface area contributed by atoms with Crippen LogP contribution in [0.15, 0.2) is 44.0 Å². The summed E-state index contributed by atoms with van der Waals surface area (Å²) in [5.41, 5.74) is 0. The average molecular weight is 225 g/mol. The molecule has 58 valence electrons. The molecule has 0 aromatic rings. The Morgan fingerprint density at radius 3 is 1.55 bits per heavy atom. The van der Waals surface area contributed by atoms with E-state index < -0.39 is 0 Å². The van der Waals surface area contributed by atoms with Crippen LogP contribution >= 0.6 is 0 Å². The Morgan fingerprint density at radius 2 is 1.18 bits per heavy atom. The first-order valence-corrected chi connectivity index (χ1v) is 6.57. The van der Waals surface area contributed by atoms with Crippen molar-refractivity contribution in [2.45, 2.75) is 13.8 Å². The van der Waals surface area contributed by atoms with E-state index in [1.807, 2.05) is 26.0 Å². The molecule has 0 amide bonds. The Hall–Kier alpha value is -0.157. The third-order valence-corrected chi connectivity index (χ3v) is 2.88. The molecule has 0 aliphatic carbocycles. The molecular formula is C10H14Zr. The fourth-order valence-electron chi connectivity index (χ4n) is 0.500. The van der Waals surface area contributed by atoms with E-state index in [1.54, 1.807) is 0 Å². The van der Waals surface area contributed by atoms with E-state index >= 15 is 0 Å². The van der Waals surface area contributed by atoms with Crippen molar-refractivity contribution < 1.29 is 23.2 Å². The van der Waals surface area contributed by atoms with Gasteiger partial charge in [-0.05, 0) is 0 Å². The zero-order chi connectivity index (χ0) is 8.36. The van der Waals surface area contributed by atoms with Gasteiger partial charge in [-0.15, -0.1) is 0 Å². The Labute approximate surface area is 81.0 Å². The van der Waals surface area contributed by atoms with Gasteiger partial charge in [0.15, 0.2) is 0 Å². The van der Waals surface area contributed by atoms with Gasteiger partial charge in [-0.2, -0.15) is 0 Å². The van der Waals surface area contributed by atoms with Crippen LogP contribution in [0.1, 0.15) is 13.8 Å². The van der Waals surface area contributed by atoms with Gasteiger partial charge >= 0.3 is 81.1 Å². The molecule has 0 nitrogen and oxygen atoms in total. The normalized spacial score (nSPS) is 12.9. The molecule has 0 radical (unpaired) electrons. The SMILES string of the molecule is CC=CC=[CH][Zr][CH]=CC=CC. The first-order chi connectivity index (χ1) is 5.41. The monoisotopic (exact) mass is 224 g/mol. The van der Waals surface area contributed by atoms with Gasteiger partial charge in [0.25, 0.3) is 0 Å². The first-order valence-electron chi connectivity index (χ1n) is 3.73. The fourth-order valence-corrected chi connectivity index (χ4v) is 1.87. The summed E-state index contributed by atoms with van der Waals surface area (Å²) < 4.78 is 4.59. The topological polar surface area (TPSA) is 0 Å². The molecule has 0 aromatic carbocycles. The summed E-state index contributed by atoms with van der Waals surface area (Å²) in [6, 6.07) is 0. The van der Waals surface area contributed by atoms with Crippen LogP contribution in [-0.2, 0) is 23.2 Å². The van der Waals surface area contributed by atoms with E-state index in [1.165, 1.54) is 0 Å². The predicted octanol–water partition coefficient (Wildman–Crippen LogP) is 3.25. The maximum absolute atomic E-state index is 2.30. The second-order valence-electron chi connectivity index (χ2n) is 1.94. The Kier molecular flexibility index (Phi) is 9.70. The fraction of sp³-hybridized carbons (Fsp3) is 0.200. The number of rotatable bonds is 4. The van der Waals surface area contributed by atoms with E-state index in [4.69, 9.17) is 0 Å². The van der Waals surface area contributed by atoms with Gasteiger partial charge in [-0.3, -0.25) is 0 Å². The third kappa shape index (κ3) is 9.84. The zero-order valence-corrected chi connectivity index (χ0v) is 9.58. The minimum absolute atomic E-state index is 0.340. The van der Waals surface area contributed by atoms with Crippen molar-refractivity contribution in [2.75, 3.05) is 0 Å². The molecule has 0 N–H and O–H groups in total. The van der Waals surface area contributed by atoms with Crippen molar-refractivity contribution >= 4 is 0 Å². The van der Waals surface area contributed by atoms with Crippen LogP contribution in [0.5, 0.6) is 0 Å². The Morgan fingerprint density at radius 1 is 0.727 bits per heavy atom. The molecule has 0 aromatic heterocycles. The summed E-state index contributed by atoms with van der Waals surface area (Å²) in [4.78, 5) is 0. The van der Waals surface area contributed by atoms with Crippen LogP contribution in [0.25, 0.3) is 0 Å². The van der Waals surface area contributed by atoms with Crippen LogP contribution in [0, 0.1) is 0 Å². The van der Waals surface area contributed by atoms with E-state index in [9.17, 15) is 0 Å². The van der Waals surface area contributed by atoms with Crippen LogP contribution in [0.4, 0.5) is 0 Å². The van der Waals surface area contributed by atoms with Crippen LogP contribution in [0.2, 0.25) is 0 Å². The standard InChI is InChI=1S/2C5H7.Zr/c2*1-3-5-4-2;/h2*1,3-5H,2H3;. The quantitative estimate of drug-likeness (QED) is 0.644. The molecule has 0 unspecified atom stereocenters. The number of hydrogen-bond donors (Lipinski definition) is 0. The van der Waals surface area contributed by atoms with Gasteiger partial charge in [0.1, 0.15) is 0 Å². The third-order valence-electron chi connectivity index (χ3n) is 0.992. The molecule has 0 fully saturated rings. The molecule has 1 heteroatoms. The minimum atomic E-state index is -0.340. The van der Waals surface area contributed by atoms with Gasteiger partial charge < -0.3 is 0 Å². The second-order valence-corrected chi connectivity index (χ2v) is 4.39. The van der Waals surface area contributed by atoms with Gasteiger partial charge in [0, 0.05) is 0 Å². The maximum atomic E-state index is 2.30. The van der Waals surface area contributed by atoms with Crippen LogP contribution in [0.3, 0.4) is 0 Å². The predicted molar refractivity (Wildman–Crippen MR) is 47.9 cm³/mol. The molecule has 0 atom stereocenters. The van der Waals surface area contributed by atoms with E-state index in [-0.39, 0.29) is 23.2 Å². The average Bonchev–Trinajstić information content (AvgIpc) is 2.03. The van der Waals surface area contributed by atoms with Crippen molar-refractivity contribution in [3.8, 4) is 0 Å². The summed E-state index contributed by atoms with van der Waals surface area (Å²) in [6.45, 7) is 4.07. The molecular weight excluding hydrogens is 211 g/mol. The van der Waals surface area contributed by atoms with Crippen molar-refractivity contribution in [3.63, 3.8) is 0 Å². The zero-order valence-electron chi connectivity index (χ0n) is 7.12. The summed E-state index contributed by atoms with van der Waals surface area (Å²) in [5.74, 6) is 0. The molecule has 0 aliphatic heterocycles. The Bertz CT molecular complexity index is 153. The molecule has 0 spiro atoms. The molecule has 0 saturated carbocycles. The van der Waals surface area contributed by atoms with Crippen LogP contribution < -0.4 is 0 Å². The molecule has 0 aliphatic rings. The van der Waals surface area contributed by atoms with Gasteiger partial charge in [0.2, 0.25) is 0 Å².